The molecule has 3 N–H and O–H groups in total. The number of ketones is 1. The van der Waals surface area contributed by atoms with Crippen LogP contribution >= 0.6 is 0 Å². The van der Waals surface area contributed by atoms with Crippen LogP contribution in [0.25, 0.3) is 0 Å². The highest BCUT2D eigenvalue weighted by Gasteiger charge is 2.31. The predicted molar refractivity (Wildman–Crippen MR) is 67.6 cm³/mol. The molecule has 0 heterocycles. The highest BCUT2D eigenvalue weighted by atomic mass is 17.2. The fraction of sp³-hybridized carbons (Fsp3) is 0.462. The second-order valence-corrected chi connectivity index (χ2v) is 4.59. The Morgan fingerprint density at radius 1 is 1.14 bits per heavy atom. The third kappa shape index (κ3) is 3.82. The molecule has 8 nitrogen and oxygen atoms in total. The second kappa shape index (κ2) is 7.79. The molecule has 0 aliphatic heterocycles. The lowest BCUT2D eigenvalue weighted by atomic mass is 9.93. The number of aldehydes is 2. The second-order valence-electron chi connectivity index (χ2n) is 4.59. The van der Waals surface area contributed by atoms with Crippen LogP contribution in [-0.2, 0) is 24.2 Å². The smallest absolute Gasteiger partial charge is 0.219 e. The van der Waals surface area contributed by atoms with Crippen molar-refractivity contribution in [3.8, 4) is 0 Å². The minimum Gasteiger partial charge on any atom is -0.396 e. The van der Waals surface area contributed by atoms with E-state index in [9.17, 15) is 14.4 Å². The van der Waals surface area contributed by atoms with E-state index in [-0.39, 0.29) is 17.6 Å². The molecule has 116 valence electrons. The number of carbonyl (C=O) groups is 3. The molecule has 0 aromatic carbocycles. The van der Waals surface area contributed by atoms with Crippen LogP contribution in [0.2, 0.25) is 0 Å². The lowest BCUT2D eigenvalue weighted by molar-refractivity contribution is -0.286. The molecule has 1 aliphatic rings. The first kappa shape index (κ1) is 17.2. The van der Waals surface area contributed by atoms with Gasteiger partial charge < -0.3 is 20.2 Å². The van der Waals surface area contributed by atoms with E-state index in [1.165, 1.54) is 6.08 Å². The van der Waals surface area contributed by atoms with Crippen LogP contribution in [-0.4, -0.2) is 60.1 Å². The van der Waals surface area contributed by atoms with Gasteiger partial charge in [-0.25, -0.2) is 0 Å². The third-order valence-corrected chi connectivity index (χ3v) is 3.07. The maximum atomic E-state index is 11.7. The van der Waals surface area contributed by atoms with Crippen molar-refractivity contribution in [2.75, 3.05) is 26.4 Å². The number of rotatable bonds is 9. The van der Waals surface area contributed by atoms with Crippen molar-refractivity contribution < 1.29 is 39.5 Å². The van der Waals surface area contributed by atoms with Crippen molar-refractivity contribution in [3.63, 3.8) is 0 Å². The first-order valence-corrected chi connectivity index (χ1v) is 6.08. The third-order valence-electron chi connectivity index (χ3n) is 3.07. The lowest BCUT2D eigenvalue weighted by Crippen LogP contribution is -2.38. The molecular formula is C13H16O8. The quantitative estimate of drug-likeness (QED) is 0.265. The standard InChI is InChI=1S/C13H16O8/c14-3-9-1-2-11(19)12(10(9)4-15)21-20-8-13(5-16,6-17)7-18/h1,3-4,16-18H,2,5-8H2. The van der Waals surface area contributed by atoms with Crippen LogP contribution in [0, 0.1) is 5.41 Å². The molecule has 0 aromatic heterocycles. The maximum Gasteiger partial charge on any atom is 0.219 e. The Kier molecular flexibility index (Phi) is 6.38. The number of aliphatic hydroxyl groups excluding tert-OH is 3. The number of carbonyl (C=O) groups excluding carboxylic acids is 3. The van der Waals surface area contributed by atoms with Gasteiger partial charge in [-0.1, -0.05) is 6.08 Å². The Morgan fingerprint density at radius 3 is 2.24 bits per heavy atom. The van der Waals surface area contributed by atoms with E-state index >= 15 is 0 Å². The summed E-state index contributed by atoms with van der Waals surface area (Å²) < 4.78 is 0. The van der Waals surface area contributed by atoms with Crippen LogP contribution in [0.4, 0.5) is 0 Å². The Morgan fingerprint density at radius 2 is 1.76 bits per heavy atom. The molecule has 21 heavy (non-hydrogen) atoms. The summed E-state index contributed by atoms with van der Waals surface area (Å²) in [5.41, 5.74) is -1.56. The molecular weight excluding hydrogens is 284 g/mol. The first-order chi connectivity index (χ1) is 10.1. The first-order valence-electron chi connectivity index (χ1n) is 6.08. The summed E-state index contributed by atoms with van der Waals surface area (Å²) in [5, 5.41) is 27.3. The Hall–Kier alpha value is -1.87. The molecule has 1 rings (SSSR count). The zero-order chi connectivity index (χ0) is 15.9. The van der Waals surface area contributed by atoms with Crippen LogP contribution in [0.3, 0.4) is 0 Å². The Balaban J connectivity index is 2.82. The van der Waals surface area contributed by atoms with Gasteiger partial charge in [0.05, 0.1) is 30.8 Å². The van der Waals surface area contributed by atoms with Gasteiger partial charge in [-0.05, 0) is 0 Å². The maximum absolute atomic E-state index is 11.7. The highest BCUT2D eigenvalue weighted by Crippen LogP contribution is 2.23. The molecule has 0 atom stereocenters. The van der Waals surface area contributed by atoms with Gasteiger partial charge in [-0.15, -0.1) is 0 Å². The van der Waals surface area contributed by atoms with Crippen molar-refractivity contribution in [3.05, 3.63) is 23.0 Å². The zero-order valence-corrected chi connectivity index (χ0v) is 11.2. The minimum atomic E-state index is -1.34. The topological polar surface area (TPSA) is 130 Å². The summed E-state index contributed by atoms with van der Waals surface area (Å²) in [5.74, 6) is -0.970. The van der Waals surface area contributed by atoms with Crippen molar-refractivity contribution in [2.45, 2.75) is 6.42 Å². The SMILES string of the molecule is O=CC1=CCC(=O)C(OOCC(CO)(CO)CO)=C1C=O. The van der Waals surface area contributed by atoms with Crippen molar-refractivity contribution in [1.82, 2.24) is 0 Å². The highest BCUT2D eigenvalue weighted by molar-refractivity contribution is 6.08. The molecule has 1 aliphatic carbocycles. The normalized spacial score (nSPS) is 15.8. The van der Waals surface area contributed by atoms with E-state index in [1.54, 1.807) is 0 Å². The van der Waals surface area contributed by atoms with Crippen molar-refractivity contribution in [2.24, 2.45) is 5.41 Å². The van der Waals surface area contributed by atoms with Crippen LogP contribution < -0.4 is 0 Å². The van der Waals surface area contributed by atoms with Gasteiger partial charge in [0, 0.05) is 12.0 Å². The van der Waals surface area contributed by atoms with Gasteiger partial charge in [-0.3, -0.25) is 14.4 Å². The van der Waals surface area contributed by atoms with Crippen LogP contribution in [0.1, 0.15) is 6.42 Å². The average Bonchev–Trinajstić information content (AvgIpc) is 2.53. The summed E-state index contributed by atoms with van der Waals surface area (Å²) in [6, 6.07) is 0. The van der Waals surface area contributed by atoms with Gasteiger partial charge >= 0.3 is 0 Å². The number of aliphatic hydroxyl groups is 3. The molecule has 0 radical (unpaired) electrons. The van der Waals surface area contributed by atoms with Crippen molar-refractivity contribution >= 4 is 18.4 Å². The molecule has 0 amide bonds. The van der Waals surface area contributed by atoms with Crippen molar-refractivity contribution in [1.29, 1.82) is 0 Å². The van der Waals surface area contributed by atoms with Crippen LogP contribution in [0.5, 0.6) is 0 Å². The molecule has 0 saturated carbocycles. The van der Waals surface area contributed by atoms with E-state index < -0.39 is 43.4 Å². The van der Waals surface area contributed by atoms with E-state index in [0.29, 0.717) is 12.6 Å². The number of allylic oxidation sites excluding steroid dienone is 4. The van der Waals surface area contributed by atoms with Gasteiger partial charge in [0.2, 0.25) is 11.5 Å². The summed E-state index contributed by atoms with van der Waals surface area (Å²) >= 11 is 0. The summed E-state index contributed by atoms with van der Waals surface area (Å²) in [4.78, 5) is 42.9. The van der Waals surface area contributed by atoms with Gasteiger partial charge in [-0.2, -0.15) is 4.89 Å². The summed E-state index contributed by atoms with van der Waals surface area (Å²) in [6.45, 7) is -2.14. The fourth-order valence-corrected chi connectivity index (χ4v) is 1.51. The van der Waals surface area contributed by atoms with Crippen LogP contribution in [0.15, 0.2) is 23.0 Å². The number of Topliss-reactive ketones (excluding diaryl/α,β-unsaturated/α-hetero) is 1. The van der Waals surface area contributed by atoms with E-state index in [4.69, 9.17) is 25.1 Å². The zero-order valence-electron chi connectivity index (χ0n) is 11.2. The predicted octanol–water partition coefficient (Wildman–Crippen LogP) is -1.55. The molecule has 0 saturated heterocycles. The van der Waals surface area contributed by atoms with Gasteiger partial charge in [0.15, 0.2) is 12.6 Å². The average molecular weight is 300 g/mol. The van der Waals surface area contributed by atoms with Gasteiger partial charge in [0.1, 0.15) is 6.61 Å². The lowest BCUT2D eigenvalue weighted by Gasteiger charge is -2.26. The van der Waals surface area contributed by atoms with E-state index in [1.807, 2.05) is 0 Å². The van der Waals surface area contributed by atoms with Gasteiger partial charge in [0.25, 0.3) is 0 Å². The monoisotopic (exact) mass is 300 g/mol. The Bertz CT molecular complexity index is 464. The largest absolute Gasteiger partial charge is 0.396 e. The number of hydrogen-bond acceptors (Lipinski definition) is 8. The van der Waals surface area contributed by atoms with E-state index in [0.717, 1.165) is 0 Å². The minimum absolute atomic E-state index is 0.0148. The fourth-order valence-electron chi connectivity index (χ4n) is 1.51. The summed E-state index contributed by atoms with van der Waals surface area (Å²) in [7, 11) is 0. The molecule has 0 bridgehead atoms. The molecule has 0 fully saturated rings. The molecule has 8 heteroatoms. The molecule has 0 unspecified atom stereocenters. The molecule has 0 aromatic rings. The van der Waals surface area contributed by atoms with E-state index in [2.05, 4.69) is 0 Å². The molecule has 0 spiro atoms. The number of hydrogen-bond donors (Lipinski definition) is 3. The Labute approximate surface area is 120 Å². The summed E-state index contributed by atoms with van der Waals surface area (Å²) in [6.07, 6.45) is 1.90.